The number of carbonyl (C=O) groups is 2. The molecular formula is C24H20F4N2O5. The molecular weight excluding hydrogens is 472 g/mol. The van der Waals surface area contributed by atoms with E-state index in [1.54, 1.807) is 0 Å². The molecule has 3 aromatic carbocycles. The van der Waals surface area contributed by atoms with Crippen molar-refractivity contribution < 1.29 is 41.7 Å². The minimum atomic E-state index is -3.02. The van der Waals surface area contributed by atoms with E-state index in [0.717, 1.165) is 18.2 Å². The molecule has 0 aliphatic rings. The number of hydrogen-bond acceptors (Lipinski definition) is 5. The fourth-order valence-corrected chi connectivity index (χ4v) is 3.23. The second-order valence-electron chi connectivity index (χ2n) is 7.37. The van der Waals surface area contributed by atoms with E-state index in [9.17, 15) is 32.3 Å². The fourth-order valence-electron chi connectivity index (χ4n) is 3.23. The molecule has 0 atom stereocenters. The number of halogens is 4. The standard InChI is InChI=1S/C24H20F4N2O5/c1-30(12-13-3-6-20(35-24(27)28)21(7-13)34-2)23(33)18-5-4-17(11-19(18)31)29-22(32)14-8-15(25)10-16(26)9-14/h3-11,24,31H,12H2,1-2H3,(H,29,32). The number of hydrogen-bond donors (Lipinski definition) is 2. The number of anilines is 1. The summed E-state index contributed by atoms with van der Waals surface area (Å²) in [6.07, 6.45) is 0. The number of benzene rings is 3. The molecule has 0 aliphatic heterocycles. The lowest BCUT2D eigenvalue weighted by molar-refractivity contribution is -0.0512. The average Bonchev–Trinajstić information content (AvgIpc) is 2.78. The second-order valence-corrected chi connectivity index (χ2v) is 7.37. The van der Waals surface area contributed by atoms with Crippen LogP contribution in [0.1, 0.15) is 26.3 Å². The molecule has 3 rings (SSSR count). The molecule has 184 valence electrons. The van der Waals surface area contributed by atoms with E-state index in [4.69, 9.17) is 4.74 Å². The molecule has 0 unspecified atom stereocenters. The van der Waals surface area contributed by atoms with E-state index < -0.39 is 35.8 Å². The van der Waals surface area contributed by atoms with Crippen molar-refractivity contribution >= 4 is 17.5 Å². The first kappa shape index (κ1) is 25.3. The highest BCUT2D eigenvalue weighted by atomic mass is 19.3. The lowest BCUT2D eigenvalue weighted by Gasteiger charge is -2.19. The van der Waals surface area contributed by atoms with Gasteiger partial charge in [-0.25, -0.2) is 8.78 Å². The Morgan fingerprint density at radius 3 is 2.29 bits per heavy atom. The molecule has 0 fully saturated rings. The van der Waals surface area contributed by atoms with Gasteiger partial charge in [0.25, 0.3) is 11.8 Å². The second kappa shape index (κ2) is 10.8. The number of amides is 2. The van der Waals surface area contributed by atoms with Crippen LogP contribution < -0.4 is 14.8 Å². The number of phenols is 1. The fraction of sp³-hybridized carbons (Fsp3) is 0.167. The number of aromatic hydroxyl groups is 1. The van der Waals surface area contributed by atoms with E-state index in [2.05, 4.69) is 10.1 Å². The highest BCUT2D eigenvalue weighted by Gasteiger charge is 2.19. The Kier molecular flexibility index (Phi) is 7.80. The van der Waals surface area contributed by atoms with E-state index in [1.807, 2.05) is 0 Å². The van der Waals surface area contributed by atoms with Gasteiger partial charge in [0.1, 0.15) is 17.4 Å². The smallest absolute Gasteiger partial charge is 0.387 e. The SMILES string of the molecule is COc1cc(CN(C)C(=O)c2ccc(NC(=O)c3cc(F)cc(F)c3)cc2O)ccc1OC(F)F. The lowest BCUT2D eigenvalue weighted by atomic mass is 10.1. The van der Waals surface area contributed by atoms with E-state index >= 15 is 0 Å². The van der Waals surface area contributed by atoms with Crippen molar-refractivity contribution in [3.05, 3.63) is 82.9 Å². The summed E-state index contributed by atoms with van der Waals surface area (Å²) >= 11 is 0. The Labute approximate surface area is 197 Å². The Hall–Kier alpha value is -4.28. The van der Waals surface area contributed by atoms with Crippen LogP contribution in [0.25, 0.3) is 0 Å². The molecule has 3 aromatic rings. The maximum atomic E-state index is 13.3. The van der Waals surface area contributed by atoms with Gasteiger partial charge in [0, 0.05) is 37.0 Å². The number of methoxy groups -OCH3 is 1. The number of ether oxygens (including phenoxy) is 2. The van der Waals surface area contributed by atoms with Gasteiger partial charge in [-0.15, -0.1) is 0 Å². The zero-order chi connectivity index (χ0) is 25.7. The monoisotopic (exact) mass is 492 g/mol. The molecule has 2 amide bonds. The van der Waals surface area contributed by atoms with Crippen LogP contribution >= 0.6 is 0 Å². The predicted octanol–water partition coefficient (Wildman–Crippen LogP) is 4.80. The Balaban J connectivity index is 1.71. The Bertz CT molecular complexity index is 1230. The first-order chi connectivity index (χ1) is 16.6. The molecule has 0 spiro atoms. The summed E-state index contributed by atoms with van der Waals surface area (Å²) in [5.74, 6) is -3.76. The third kappa shape index (κ3) is 6.40. The van der Waals surface area contributed by atoms with E-state index in [0.29, 0.717) is 11.6 Å². The maximum absolute atomic E-state index is 13.3. The van der Waals surface area contributed by atoms with Crippen LogP contribution in [-0.4, -0.2) is 42.6 Å². The first-order valence-corrected chi connectivity index (χ1v) is 10.0. The number of rotatable bonds is 8. The van der Waals surface area contributed by atoms with Gasteiger partial charge in [0.15, 0.2) is 11.5 Å². The molecule has 0 aromatic heterocycles. The number of phenolic OH excluding ortho intramolecular Hbond substituents is 1. The van der Waals surface area contributed by atoms with Crippen molar-refractivity contribution in [2.24, 2.45) is 0 Å². The van der Waals surface area contributed by atoms with Gasteiger partial charge in [0.2, 0.25) is 0 Å². The number of nitrogens with zero attached hydrogens (tertiary/aromatic N) is 1. The van der Waals surface area contributed by atoms with Crippen LogP contribution in [0.2, 0.25) is 0 Å². The summed E-state index contributed by atoms with van der Waals surface area (Å²) in [6.45, 7) is -2.97. The van der Waals surface area contributed by atoms with Gasteiger partial charge in [0.05, 0.1) is 12.7 Å². The number of alkyl halides is 2. The molecule has 0 radical (unpaired) electrons. The molecule has 35 heavy (non-hydrogen) atoms. The molecule has 0 bridgehead atoms. The van der Waals surface area contributed by atoms with Crippen molar-refractivity contribution in [3.63, 3.8) is 0 Å². The molecule has 11 heteroatoms. The zero-order valence-electron chi connectivity index (χ0n) is 18.5. The van der Waals surface area contributed by atoms with Crippen LogP contribution in [0, 0.1) is 11.6 Å². The highest BCUT2D eigenvalue weighted by molar-refractivity contribution is 6.05. The highest BCUT2D eigenvalue weighted by Crippen LogP contribution is 2.30. The van der Waals surface area contributed by atoms with Gasteiger partial charge < -0.3 is 24.8 Å². The maximum Gasteiger partial charge on any atom is 0.387 e. The summed E-state index contributed by atoms with van der Waals surface area (Å²) in [4.78, 5) is 26.3. The summed E-state index contributed by atoms with van der Waals surface area (Å²) in [6, 6.07) is 10.3. The van der Waals surface area contributed by atoms with Crippen LogP contribution in [0.3, 0.4) is 0 Å². The topological polar surface area (TPSA) is 88.1 Å². The minimum Gasteiger partial charge on any atom is -0.507 e. The Morgan fingerprint density at radius 2 is 1.69 bits per heavy atom. The molecule has 7 nitrogen and oxygen atoms in total. The van der Waals surface area contributed by atoms with Gasteiger partial charge in [-0.05, 0) is 42.0 Å². The Morgan fingerprint density at radius 1 is 1.00 bits per heavy atom. The molecule has 0 aliphatic carbocycles. The van der Waals surface area contributed by atoms with E-state index in [1.165, 1.54) is 49.4 Å². The van der Waals surface area contributed by atoms with Gasteiger partial charge in [-0.2, -0.15) is 8.78 Å². The predicted molar refractivity (Wildman–Crippen MR) is 118 cm³/mol. The van der Waals surface area contributed by atoms with Crippen LogP contribution in [0.4, 0.5) is 23.2 Å². The van der Waals surface area contributed by atoms with Crippen LogP contribution in [0.15, 0.2) is 54.6 Å². The summed E-state index contributed by atoms with van der Waals surface area (Å²) in [7, 11) is 2.75. The summed E-state index contributed by atoms with van der Waals surface area (Å²) < 4.78 is 61.1. The summed E-state index contributed by atoms with van der Waals surface area (Å²) in [5, 5.41) is 12.7. The number of nitrogens with one attached hydrogen (secondary N) is 1. The normalized spacial score (nSPS) is 10.7. The largest absolute Gasteiger partial charge is 0.507 e. The summed E-state index contributed by atoms with van der Waals surface area (Å²) in [5.41, 5.74) is 0.301. The van der Waals surface area contributed by atoms with Gasteiger partial charge >= 0.3 is 6.61 Å². The van der Waals surface area contributed by atoms with Crippen molar-refractivity contribution in [1.82, 2.24) is 4.90 Å². The molecule has 0 heterocycles. The van der Waals surface area contributed by atoms with Crippen molar-refractivity contribution in [1.29, 1.82) is 0 Å². The van der Waals surface area contributed by atoms with Crippen molar-refractivity contribution in [2.75, 3.05) is 19.5 Å². The van der Waals surface area contributed by atoms with Crippen molar-refractivity contribution in [2.45, 2.75) is 13.2 Å². The molecule has 0 saturated carbocycles. The number of carbonyl (C=O) groups excluding carboxylic acids is 2. The first-order valence-electron chi connectivity index (χ1n) is 10.0. The van der Waals surface area contributed by atoms with Gasteiger partial charge in [-0.1, -0.05) is 6.07 Å². The third-order valence-corrected chi connectivity index (χ3v) is 4.82. The van der Waals surface area contributed by atoms with Gasteiger partial charge in [-0.3, -0.25) is 9.59 Å². The quantitative estimate of drug-likeness (QED) is 0.441. The van der Waals surface area contributed by atoms with E-state index in [-0.39, 0.29) is 34.9 Å². The minimum absolute atomic E-state index is 0.0488. The average molecular weight is 492 g/mol. The lowest BCUT2D eigenvalue weighted by Crippen LogP contribution is -2.26. The van der Waals surface area contributed by atoms with Crippen molar-refractivity contribution in [3.8, 4) is 17.2 Å². The third-order valence-electron chi connectivity index (χ3n) is 4.82. The zero-order valence-corrected chi connectivity index (χ0v) is 18.5. The van der Waals surface area contributed by atoms with Crippen LogP contribution in [0.5, 0.6) is 17.2 Å². The molecule has 0 saturated heterocycles. The molecule has 2 N–H and O–H groups in total. The van der Waals surface area contributed by atoms with Crippen LogP contribution in [-0.2, 0) is 6.54 Å².